The number of aromatic amines is 1. The van der Waals surface area contributed by atoms with Gasteiger partial charge in [0.2, 0.25) is 0 Å². The molecule has 7 nitrogen and oxygen atoms in total. The number of aryl methyl sites for hydroxylation is 3. The number of rotatable bonds is 3. The number of amides is 1. The summed E-state index contributed by atoms with van der Waals surface area (Å²) in [5.41, 5.74) is 5.31. The van der Waals surface area contributed by atoms with E-state index in [0.717, 1.165) is 58.7 Å². The first-order chi connectivity index (χ1) is 13.0. The van der Waals surface area contributed by atoms with E-state index >= 15 is 0 Å². The summed E-state index contributed by atoms with van der Waals surface area (Å²) in [5, 5.41) is 0. The van der Waals surface area contributed by atoms with Crippen LogP contribution in [0, 0.1) is 20.8 Å². The lowest BCUT2D eigenvalue weighted by Crippen LogP contribution is -2.39. The lowest BCUT2D eigenvalue weighted by atomic mass is 9.93. The second-order valence-electron chi connectivity index (χ2n) is 7.00. The van der Waals surface area contributed by atoms with Crippen LogP contribution in [0.1, 0.15) is 51.3 Å². The van der Waals surface area contributed by atoms with E-state index in [2.05, 4.69) is 24.9 Å². The predicted molar refractivity (Wildman–Crippen MR) is 104 cm³/mol. The highest BCUT2D eigenvalue weighted by atomic mass is 32.1. The zero-order chi connectivity index (χ0) is 19.0. The van der Waals surface area contributed by atoms with Crippen molar-refractivity contribution in [2.45, 2.75) is 39.5 Å². The van der Waals surface area contributed by atoms with Crippen molar-refractivity contribution < 1.29 is 4.79 Å². The van der Waals surface area contributed by atoms with Gasteiger partial charge in [-0.3, -0.25) is 4.79 Å². The third-order valence-corrected chi connectivity index (χ3v) is 5.79. The maximum Gasteiger partial charge on any atom is 0.265 e. The summed E-state index contributed by atoms with van der Waals surface area (Å²) in [6.07, 6.45) is 3.77. The summed E-state index contributed by atoms with van der Waals surface area (Å²) in [6, 6.07) is 2.00. The zero-order valence-electron chi connectivity index (χ0n) is 15.7. The van der Waals surface area contributed by atoms with Gasteiger partial charge in [-0.25, -0.2) is 19.9 Å². The number of carbonyl (C=O) groups is 1. The van der Waals surface area contributed by atoms with Crippen LogP contribution in [0.15, 0.2) is 17.8 Å². The van der Waals surface area contributed by atoms with Crippen molar-refractivity contribution in [1.82, 2.24) is 29.8 Å². The van der Waals surface area contributed by atoms with Crippen molar-refractivity contribution in [2.75, 3.05) is 13.1 Å². The van der Waals surface area contributed by atoms with Crippen LogP contribution in [0.4, 0.5) is 0 Å². The Morgan fingerprint density at radius 3 is 2.81 bits per heavy atom. The monoisotopic (exact) mass is 382 g/mol. The largest absolute Gasteiger partial charge is 0.341 e. The van der Waals surface area contributed by atoms with E-state index in [4.69, 9.17) is 0 Å². The number of thiazole rings is 1. The van der Waals surface area contributed by atoms with E-state index in [1.54, 1.807) is 11.7 Å². The van der Waals surface area contributed by atoms with Gasteiger partial charge in [0.15, 0.2) is 5.82 Å². The normalized spacial score (nSPS) is 17.3. The summed E-state index contributed by atoms with van der Waals surface area (Å²) in [6.45, 7) is 7.20. The summed E-state index contributed by atoms with van der Waals surface area (Å²) in [7, 11) is 0. The fraction of sp³-hybridized carbons (Fsp3) is 0.421. The molecule has 1 unspecified atom stereocenters. The Hall–Kier alpha value is -2.61. The standard InChI is InChI=1S/C19H22N6OS/c1-11-8-20-18(22-11)16-7-15(23-13(3)24-16)14-5-4-6-25(9-14)19(26)17-12(2)21-10-27-17/h7-8,10,14H,4-6,9H2,1-3H3,(H,20,22). The molecule has 4 rings (SSSR count). The van der Waals surface area contributed by atoms with Gasteiger partial charge >= 0.3 is 0 Å². The van der Waals surface area contributed by atoms with Crippen molar-refractivity contribution in [3.8, 4) is 11.5 Å². The molecule has 140 valence electrons. The van der Waals surface area contributed by atoms with E-state index in [1.165, 1.54) is 11.3 Å². The molecule has 0 aromatic carbocycles. The molecule has 27 heavy (non-hydrogen) atoms. The van der Waals surface area contributed by atoms with Gasteiger partial charge in [0.25, 0.3) is 5.91 Å². The number of aromatic nitrogens is 5. The lowest BCUT2D eigenvalue weighted by molar-refractivity contribution is 0.0710. The quantitative estimate of drug-likeness (QED) is 0.751. The van der Waals surface area contributed by atoms with Crippen LogP contribution in [-0.2, 0) is 0 Å². The first kappa shape index (κ1) is 17.8. The number of carbonyl (C=O) groups excluding carboxylic acids is 1. The Balaban J connectivity index is 1.59. The number of imidazole rings is 1. The number of nitrogens with one attached hydrogen (secondary N) is 1. The fourth-order valence-corrected chi connectivity index (χ4v) is 4.29. The average Bonchev–Trinajstić information content (AvgIpc) is 3.29. The zero-order valence-corrected chi connectivity index (χ0v) is 16.5. The van der Waals surface area contributed by atoms with E-state index in [9.17, 15) is 4.79 Å². The molecule has 1 atom stereocenters. The number of hydrogen-bond donors (Lipinski definition) is 1. The molecular formula is C19H22N6OS. The van der Waals surface area contributed by atoms with Gasteiger partial charge in [0.1, 0.15) is 16.4 Å². The van der Waals surface area contributed by atoms with Crippen LogP contribution in [-0.4, -0.2) is 48.8 Å². The Kier molecular flexibility index (Phi) is 4.73. The van der Waals surface area contributed by atoms with Crippen LogP contribution in [0.2, 0.25) is 0 Å². The lowest BCUT2D eigenvalue weighted by Gasteiger charge is -2.32. The first-order valence-electron chi connectivity index (χ1n) is 9.08. The van der Waals surface area contributed by atoms with E-state index in [1.807, 2.05) is 31.7 Å². The number of H-pyrrole nitrogens is 1. The maximum absolute atomic E-state index is 12.9. The van der Waals surface area contributed by atoms with Crippen LogP contribution in [0.3, 0.4) is 0 Å². The van der Waals surface area contributed by atoms with Gasteiger partial charge in [-0.2, -0.15) is 0 Å². The Labute approximate surface area is 161 Å². The molecule has 3 aromatic rings. The molecule has 1 fully saturated rings. The minimum absolute atomic E-state index is 0.0763. The summed E-state index contributed by atoms with van der Waals surface area (Å²) in [5.74, 6) is 1.75. The smallest absolute Gasteiger partial charge is 0.265 e. The Morgan fingerprint density at radius 1 is 1.26 bits per heavy atom. The van der Waals surface area contributed by atoms with Gasteiger partial charge in [-0.05, 0) is 39.7 Å². The second-order valence-corrected chi connectivity index (χ2v) is 7.85. The van der Waals surface area contributed by atoms with Crippen molar-refractivity contribution in [2.24, 2.45) is 0 Å². The topological polar surface area (TPSA) is 87.7 Å². The summed E-state index contributed by atoms with van der Waals surface area (Å²) in [4.78, 5) is 36.5. The van der Waals surface area contributed by atoms with E-state index < -0.39 is 0 Å². The highest BCUT2D eigenvalue weighted by Crippen LogP contribution is 2.29. The molecule has 8 heteroatoms. The molecule has 0 spiro atoms. The second kappa shape index (κ2) is 7.19. The van der Waals surface area contributed by atoms with Crippen molar-refractivity contribution in [3.05, 3.63) is 45.6 Å². The molecule has 0 radical (unpaired) electrons. The minimum atomic E-state index is 0.0763. The predicted octanol–water partition coefficient (Wildman–Crippen LogP) is 3.27. The van der Waals surface area contributed by atoms with Gasteiger partial charge in [0, 0.05) is 36.6 Å². The van der Waals surface area contributed by atoms with Gasteiger partial charge in [-0.15, -0.1) is 11.3 Å². The third-order valence-electron chi connectivity index (χ3n) is 4.87. The number of likely N-dealkylation sites (tertiary alicyclic amines) is 1. The number of piperidine rings is 1. The molecule has 1 aliphatic rings. The van der Waals surface area contributed by atoms with Crippen molar-refractivity contribution >= 4 is 17.2 Å². The number of hydrogen-bond acceptors (Lipinski definition) is 6. The molecule has 1 saturated heterocycles. The molecule has 1 amide bonds. The maximum atomic E-state index is 12.9. The Bertz CT molecular complexity index is 978. The third kappa shape index (κ3) is 3.62. The highest BCUT2D eigenvalue weighted by Gasteiger charge is 2.28. The molecule has 4 heterocycles. The molecule has 3 aromatic heterocycles. The fourth-order valence-electron chi connectivity index (χ4n) is 3.52. The van der Waals surface area contributed by atoms with Crippen LogP contribution in [0.5, 0.6) is 0 Å². The molecule has 1 N–H and O–H groups in total. The molecule has 0 aliphatic carbocycles. The first-order valence-corrected chi connectivity index (χ1v) is 9.96. The van der Waals surface area contributed by atoms with E-state index in [-0.39, 0.29) is 11.8 Å². The molecule has 0 bridgehead atoms. The van der Waals surface area contributed by atoms with Crippen LogP contribution < -0.4 is 0 Å². The van der Waals surface area contributed by atoms with Crippen molar-refractivity contribution in [1.29, 1.82) is 0 Å². The van der Waals surface area contributed by atoms with E-state index in [0.29, 0.717) is 6.54 Å². The average molecular weight is 382 g/mol. The van der Waals surface area contributed by atoms with Gasteiger partial charge in [0.05, 0.1) is 11.2 Å². The van der Waals surface area contributed by atoms with Crippen molar-refractivity contribution in [3.63, 3.8) is 0 Å². The highest BCUT2D eigenvalue weighted by molar-refractivity contribution is 7.11. The summed E-state index contributed by atoms with van der Waals surface area (Å²) >= 11 is 1.41. The minimum Gasteiger partial charge on any atom is -0.341 e. The van der Waals surface area contributed by atoms with Crippen LogP contribution >= 0.6 is 11.3 Å². The molecular weight excluding hydrogens is 360 g/mol. The molecule has 1 aliphatic heterocycles. The van der Waals surface area contributed by atoms with Crippen LogP contribution in [0.25, 0.3) is 11.5 Å². The molecule has 0 saturated carbocycles. The summed E-state index contributed by atoms with van der Waals surface area (Å²) < 4.78 is 0. The van der Waals surface area contributed by atoms with Gasteiger partial charge in [-0.1, -0.05) is 0 Å². The van der Waals surface area contributed by atoms with Gasteiger partial charge < -0.3 is 9.88 Å². The SMILES string of the molecule is Cc1nc(-c2ncc(C)[nH]2)cc(C2CCCN(C(=O)c3scnc3C)C2)n1. The number of nitrogens with zero attached hydrogens (tertiary/aromatic N) is 5. The Morgan fingerprint density at radius 2 is 2.11 bits per heavy atom.